The van der Waals surface area contributed by atoms with Crippen LogP contribution in [0, 0.1) is 5.92 Å². The van der Waals surface area contributed by atoms with Gasteiger partial charge in [0.2, 0.25) is 10.0 Å². The number of piperidine rings is 1. The zero-order valence-corrected chi connectivity index (χ0v) is 10.0. The van der Waals surface area contributed by atoms with E-state index in [9.17, 15) is 8.42 Å². The Morgan fingerprint density at radius 3 is 2.53 bits per heavy atom. The van der Waals surface area contributed by atoms with Crippen LogP contribution in [0.15, 0.2) is 0 Å². The van der Waals surface area contributed by atoms with Crippen molar-refractivity contribution in [1.82, 2.24) is 4.31 Å². The molecule has 0 radical (unpaired) electrons. The van der Waals surface area contributed by atoms with E-state index in [-0.39, 0.29) is 11.3 Å². The molecule has 2 aliphatic rings. The number of sulfonamides is 1. The van der Waals surface area contributed by atoms with Crippen LogP contribution in [0.3, 0.4) is 0 Å². The number of nitrogens with zero attached hydrogens (tertiary/aromatic N) is 1. The van der Waals surface area contributed by atoms with Gasteiger partial charge < -0.3 is 5.73 Å². The van der Waals surface area contributed by atoms with Crippen molar-refractivity contribution in [3.8, 4) is 0 Å². The molecule has 1 saturated carbocycles. The maximum atomic E-state index is 12.1. The lowest BCUT2D eigenvalue weighted by molar-refractivity contribution is 0.192. The van der Waals surface area contributed by atoms with Crippen molar-refractivity contribution in [1.29, 1.82) is 0 Å². The van der Waals surface area contributed by atoms with Gasteiger partial charge in [-0.25, -0.2) is 8.42 Å². The Balaban J connectivity index is 2.18. The standard InChI is InChI=1S/C10H20N2O2S/c1-8-3-2-6-12(10(8)7-11)15(13,14)9-4-5-9/h8-10H,2-7,11H2,1H3. The number of hydrogen-bond donors (Lipinski definition) is 1. The summed E-state index contributed by atoms with van der Waals surface area (Å²) in [5, 5.41) is -0.100. The minimum Gasteiger partial charge on any atom is -0.329 e. The zero-order chi connectivity index (χ0) is 11.1. The quantitative estimate of drug-likeness (QED) is 0.772. The Bertz CT molecular complexity index is 324. The third kappa shape index (κ3) is 2.05. The normalized spacial score (nSPS) is 34.3. The van der Waals surface area contributed by atoms with E-state index in [2.05, 4.69) is 6.92 Å². The van der Waals surface area contributed by atoms with E-state index >= 15 is 0 Å². The molecule has 0 aromatic heterocycles. The van der Waals surface area contributed by atoms with Gasteiger partial charge in [0.05, 0.1) is 5.25 Å². The van der Waals surface area contributed by atoms with Crippen molar-refractivity contribution < 1.29 is 8.42 Å². The van der Waals surface area contributed by atoms with E-state index < -0.39 is 10.0 Å². The largest absolute Gasteiger partial charge is 0.329 e. The first-order valence-corrected chi connectivity index (χ1v) is 7.28. The van der Waals surface area contributed by atoms with Gasteiger partial charge in [0, 0.05) is 19.1 Å². The molecule has 1 heterocycles. The Labute approximate surface area is 91.9 Å². The fourth-order valence-electron chi connectivity index (χ4n) is 2.43. The summed E-state index contributed by atoms with van der Waals surface area (Å²) in [5.41, 5.74) is 5.70. The summed E-state index contributed by atoms with van der Waals surface area (Å²) in [5.74, 6) is 0.400. The second-order valence-electron chi connectivity index (χ2n) is 4.78. The van der Waals surface area contributed by atoms with Crippen LogP contribution in [0.25, 0.3) is 0 Å². The number of rotatable bonds is 3. The highest BCUT2D eigenvalue weighted by molar-refractivity contribution is 7.90. The Morgan fingerprint density at radius 2 is 2.00 bits per heavy atom. The first-order valence-electron chi connectivity index (χ1n) is 5.78. The van der Waals surface area contributed by atoms with Crippen LogP contribution < -0.4 is 5.73 Å². The maximum Gasteiger partial charge on any atom is 0.217 e. The SMILES string of the molecule is CC1CCCN(S(=O)(=O)C2CC2)C1CN. The van der Waals surface area contributed by atoms with Crippen molar-refractivity contribution in [2.75, 3.05) is 13.1 Å². The Kier molecular flexibility index (Phi) is 3.05. The molecule has 2 fully saturated rings. The topological polar surface area (TPSA) is 63.4 Å². The summed E-state index contributed by atoms with van der Waals surface area (Å²) in [6, 6.07) is 0.0318. The van der Waals surface area contributed by atoms with E-state index in [1.165, 1.54) is 0 Å². The average molecular weight is 232 g/mol. The molecule has 1 aliphatic carbocycles. The molecule has 88 valence electrons. The minimum atomic E-state index is -3.03. The third-order valence-electron chi connectivity index (χ3n) is 3.58. The van der Waals surface area contributed by atoms with Crippen molar-refractivity contribution in [3.05, 3.63) is 0 Å². The molecule has 2 N–H and O–H groups in total. The van der Waals surface area contributed by atoms with Gasteiger partial charge in [-0.05, 0) is 31.6 Å². The summed E-state index contributed by atoms with van der Waals surface area (Å²) >= 11 is 0. The van der Waals surface area contributed by atoms with Crippen LogP contribution in [0.4, 0.5) is 0 Å². The molecule has 1 saturated heterocycles. The van der Waals surface area contributed by atoms with E-state index in [1.54, 1.807) is 4.31 Å². The van der Waals surface area contributed by atoms with Crippen molar-refractivity contribution in [2.45, 2.75) is 43.9 Å². The van der Waals surface area contributed by atoms with Crippen molar-refractivity contribution in [3.63, 3.8) is 0 Å². The molecule has 0 bridgehead atoms. The molecule has 2 rings (SSSR count). The second-order valence-corrected chi connectivity index (χ2v) is 6.94. The average Bonchev–Trinajstić information content (AvgIpc) is 3.00. The summed E-state index contributed by atoms with van der Waals surface area (Å²) < 4.78 is 25.9. The molecule has 0 spiro atoms. The Morgan fingerprint density at radius 1 is 1.33 bits per heavy atom. The van der Waals surface area contributed by atoms with Crippen molar-refractivity contribution in [2.24, 2.45) is 11.7 Å². The summed E-state index contributed by atoms with van der Waals surface area (Å²) in [4.78, 5) is 0. The van der Waals surface area contributed by atoms with Crippen LogP contribution >= 0.6 is 0 Å². The van der Waals surface area contributed by atoms with Gasteiger partial charge >= 0.3 is 0 Å². The van der Waals surface area contributed by atoms with Crippen LogP contribution in [-0.2, 0) is 10.0 Å². The third-order valence-corrected chi connectivity index (χ3v) is 6.00. The highest BCUT2D eigenvalue weighted by Gasteiger charge is 2.44. The predicted molar refractivity (Wildman–Crippen MR) is 59.9 cm³/mol. The molecule has 1 aliphatic heterocycles. The van der Waals surface area contributed by atoms with Crippen LogP contribution in [0.5, 0.6) is 0 Å². The van der Waals surface area contributed by atoms with Gasteiger partial charge in [0.15, 0.2) is 0 Å². The molecule has 0 aromatic rings. The monoisotopic (exact) mass is 232 g/mol. The molecule has 4 nitrogen and oxygen atoms in total. The van der Waals surface area contributed by atoms with Gasteiger partial charge in [-0.1, -0.05) is 6.92 Å². The molecule has 0 aromatic carbocycles. The molecule has 2 unspecified atom stereocenters. The first-order chi connectivity index (χ1) is 7.07. The smallest absolute Gasteiger partial charge is 0.217 e. The zero-order valence-electron chi connectivity index (χ0n) is 9.22. The molecule has 2 atom stereocenters. The first kappa shape index (κ1) is 11.4. The van der Waals surface area contributed by atoms with Gasteiger partial charge in [-0.2, -0.15) is 4.31 Å². The molecule has 15 heavy (non-hydrogen) atoms. The summed E-state index contributed by atoms with van der Waals surface area (Å²) in [6.07, 6.45) is 3.75. The van der Waals surface area contributed by atoms with Crippen LogP contribution in [0.2, 0.25) is 0 Å². The molecule has 5 heteroatoms. The lowest BCUT2D eigenvalue weighted by atomic mass is 9.93. The van der Waals surface area contributed by atoms with Gasteiger partial charge in [0.1, 0.15) is 0 Å². The van der Waals surface area contributed by atoms with E-state index in [4.69, 9.17) is 5.73 Å². The van der Waals surface area contributed by atoms with Gasteiger partial charge in [0.25, 0.3) is 0 Å². The van der Waals surface area contributed by atoms with E-state index in [0.717, 1.165) is 25.7 Å². The molecular formula is C10H20N2O2S. The lowest BCUT2D eigenvalue weighted by Crippen LogP contribution is -2.52. The predicted octanol–water partition coefficient (Wildman–Crippen LogP) is 0.538. The number of hydrogen-bond acceptors (Lipinski definition) is 3. The van der Waals surface area contributed by atoms with E-state index in [1.807, 2.05) is 0 Å². The summed E-state index contributed by atoms with van der Waals surface area (Å²) in [7, 11) is -3.03. The summed E-state index contributed by atoms with van der Waals surface area (Å²) in [6.45, 7) is 3.23. The maximum absolute atomic E-state index is 12.1. The van der Waals surface area contributed by atoms with Crippen molar-refractivity contribution >= 4 is 10.0 Å². The highest BCUT2D eigenvalue weighted by atomic mass is 32.2. The minimum absolute atomic E-state index is 0.0318. The molecule has 0 amide bonds. The second kappa shape index (κ2) is 4.03. The Hall–Kier alpha value is -0.130. The van der Waals surface area contributed by atoms with Crippen LogP contribution in [0.1, 0.15) is 32.6 Å². The van der Waals surface area contributed by atoms with E-state index in [0.29, 0.717) is 19.0 Å². The molecular weight excluding hydrogens is 212 g/mol. The van der Waals surface area contributed by atoms with Crippen LogP contribution in [-0.4, -0.2) is 37.1 Å². The fraction of sp³-hybridized carbons (Fsp3) is 1.00. The lowest BCUT2D eigenvalue weighted by Gasteiger charge is -2.38. The highest BCUT2D eigenvalue weighted by Crippen LogP contribution is 2.35. The number of nitrogens with two attached hydrogens (primary N) is 1. The fourth-order valence-corrected chi connectivity index (χ4v) is 4.60. The van der Waals surface area contributed by atoms with Gasteiger partial charge in [-0.15, -0.1) is 0 Å². The van der Waals surface area contributed by atoms with Gasteiger partial charge in [-0.3, -0.25) is 0 Å².